The third-order valence-corrected chi connectivity index (χ3v) is 9.58. The molecular weight excluding hydrogens is 705 g/mol. The summed E-state index contributed by atoms with van der Waals surface area (Å²) in [6.45, 7) is 4.83. The van der Waals surface area contributed by atoms with Crippen LogP contribution in [-0.2, 0) is 19.1 Å². The number of carbonyl (C=O) groups is 2. The Morgan fingerprint density at radius 3 is 1.09 bits per heavy atom. The van der Waals surface area contributed by atoms with E-state index in [0.29, 0.717) is 35.8 Å². The first-order chi connectivity index (χ1) is 27.6. The maximum atomic E-state index is 13.0. The monoisotopic (exact) mass is 762 g/mol. The highest BCUT2D eigenvalue weighted by atomic mass is 16.6. The second-order valence-electron chi connectivity index (χ2n) is 14.2. The minimum atomic E-state index is -0.640. The predicted molar refractivity (Wildman–Crippen MR) is 223 cm³/mol. The second-order valence-corrected chi connectivity index (χ2v) is 14.2. The van der Waals surface area contributed by atoms with Crippen LogP contribution in [0.3, 0.4) is 0 Å². The molecule has 0 aliphatic carbocycles. The lowest BCUT2D eigenvalue weighted by Crippen LogP contribution is -2.31. The molecule has 0 saturated carbocycles. The van der Waals surface area contributed by atoms with E-state index in [1.165, 1.54) is 0 Å². The van der Waals surface area contributed by atoms with Crippen molar-refractivity contribution in [2.24, 2.45) is 0 Å². The topological polar surface area (TPSA) is 89.5 Å². The minimum absolute atomic E-state index is 0.0932. The molecule has 0 aromatic heterocycles. The van der Waals surface area contributed by atoms with Crippen molar-refractivity contribution in [1.29, 1.82) is 0 Å². The maximum Gasteiger partial charge on any atom is 0.306 e. The van der Waals surface area contributed by atoms with Crippen molar-refractivity contribution >= 4 is 33.5 Å². The van der Waals surface area contributed by atoms with Gasteiger partial charge in [0.15, 0.2) is 12.2 Å². The van der Waals surface area contributed by atoms with E-state index in [1.807, 2.05) is 109 Å². The van der Waals surface area contributed by atoms with E-state index in [-0.39, 0.29) is 38.4 Å². The normalized spacial score (nSPS) is 12.2. The molecule has 0 N–H and O–H groups in total. The molecule has 0 aliphatic rings. The van der Waals surface area contributed by atoms with E-state index in [4.69, 9.17) is 28.4 Å². The van der Waals surface area contributed by atoms with Crippen molar-refractivity contribution in [2.45, 2.75) is 103 Å². The van der Waals surface area contributed by atoms with Crippen molar-refractivity contribution in [1.82, 2.24) is 0 Å². The van der Waals surface area contributed by atoms with Crippen LogP contribution in [0.15, 0.2) is 109 Å². The summed E-state index contributed by atoms with van der Waals surface area (Å²) in [6.07, 6.45) is 9.86. The summed E-state index contributed by atoms with van der Waals surface area (Å²) in [4.78, 5) is 26.0. The Labute approximate surface area is 332 Å². The lowest BCUT2D eigenvalue weighted by molar-refractivity contribution is -0.153. The fourth-order valence-electron chi connectivity index (χ4n) is 6.59. The van der Waals surface area contributed by atoms with Crippen molar-refractivity contribution in [2.75, 3.05) is 26.4 Å². The molecule has 0 amide bonds. The molecule has 5 aromatic carbocycles. The van der Waals surface area contributed by atoms with E-state index in [0.717, 1.165) is 85.8 Å². The number of ether oxygens (including phenoxy) is 6. The molecule has 2 atom stereocenters. The van der Waals surface area contributed by atoms with Crippen LogP contribution in [0.1, 0.15) is 90.9 Å². The SMILES string of the molecule is CCCCCCCC(=O)OC(COc1ccccc1)COc1c2ccccc2c(OCC(COc2ccccc2)OC(=O)CCCCCCC)c2ccccc12. The Bertz CT molecular complexity index is 1700. The molecule has 0 bridgehead atoms. The first-order valence-corrected chi connectivity index (χ1v) is 20.5. The molecule has 56 heavy (non-hydrogen) atoms. The molecule has 0 fully saturated rings. The number of hydrogen-bond acceptors (Lipinski definition) is 8. The molecular formula is C48H58O8. The zero-order valence-electron chi connectivity index (χ0n) is 33.1. The number of benzene rings is 5. The quantitative estimate of drug-likeness (QED) is 0.0312. The van der Waals surface area contributed by atoms with Crippen LogP contribution in [0, 0.1) is 0 Å². The molecule has 5 rings (SSSR count). The van der Waals surface area contributed by atoms with Crippen molar-refractivity contribution in [3.8, 4) is 23.0 Å². The van der Waals surface area contributed by atoms with E-state index in [2.05, 4.69) is 13.8 Å². The van der Waals surface area contributed by atoms with Gasteiger partial charge in [0.2, 0.25) is 0 Å². The van der Waals surface area contributed by atoms with Crippen molar-refractivity contribution in [3.63, 3.8) is 0 Å². The van der Waals surface area contributed by atoms with Crippen LogP contribution >= 0.6 is 0 Å². The zero-order valence-corrected chi connectivity index (χ0v) is 33.1. The van der Waals surface area contributed by atoms with Crippen molar-refractivity contribution < 1.29 is 38.0 Å². The van der Waals surface area contributed by atoms with Gasteiger partial charge >= 0.3 is 11.9 Å². The summed E-state index contributed by atoms with van der Waals surface area (Å²) in [7, 11) is 0. The Balaban J connectivity index is 1.34. The molecule has 298 valence electrons. The minimum Gasteiger partial charge on any atom is -0.490 e. The predicted octanol–water partition coefficient (Wildman–Crippen LogP) is 11.5. The van der Waals surface area contributed by atoms with Crippen LogP contribution < -0.4 is 18.9 Å². The van der Waals surface area contributed by atoms with Crippen LogP contribution in [-0.4, -0.2) is 50.6 Å². The van der Waals surface area contributed by atoms with Gasteiger partial charge in [-0.05, 0) is 37.1 Å². The van der Waals surface area contributed by atoms with Gasteiger partial charge in [-0.2, -0.15) is 0 Å². The average Bonchev–Trinajstić information content (AvgIpc) is 3.23. The Morgan fingerprint density at radius 2 is 0.732 bits per heavy atom. The number of unbranched alkanes of at least 4 members (excludes halogenated alkanes) is 8. The molecule has 0 heterocycles. The van der Waals surface area contributed by atoms with Gasteiger partial charge in [0, 0.05) is 34.4 Å². The highest BCUT2D eigenvalue weighted by Gasteiger charge is 2.23. The van der Waals surface area contributed by atoms with Gasteiger partial charge in [-0.3, -0.25) is 9.59 Å². The molecule has 2 unspecified atom stereocenters. The molecule has 8 nitrogen and oxygen atoms in total. The zero-order chi connectivity index (χ0) is 39.2. The molecule has 0 saturated heterocycles. The first kappa shape index (κ1) is 41.9. The molecule has 0 aliphatic heterocycles. The summed E-state index contributed by atoms with van der Waals surface area (Å²) >= 11 is 0. The fourth-order valence-corrected chi connectivity index (χ4v) is 6.59. The Kier molecular flexibility index (Phi) is 17.7. The van der Waals surface area contributed by atoms with Gasteiger partial charge < -0.3 is 28.4 Å². The highest BCUT2D eigenvalue weighted by molar-refractivity contribution is 6.11. The van der Waals surface area contributed by atoms with Gasteiger partial charge in [0.25, 0.3) is 0 Å². The number of fused-ring (bicyclic) bond motifs is 2. The molecule has 0 radical (unpaired) electrons. The molecule has 5 aromatic rings. The van der Waals surface area contributed by atoms with Gasteiger partial charge in [0.05, 0.1) is 0 Å². The number of para-hydroxylation sites is 2. The highest BCUT2D eigenvalue weighted by Crippen LogP contribution is 2.43. The largest absolute Gasteiger partial charge is 0.490 e. The van der Waals surface area contributed by atoms with Crippen LogP contribution in [0.4, 0.5) is 0 Å². The maximum absolute atomic E-state index is 13.0. The number of rotatable bonds is 26. The summed E-state index contributed by atoms with van der Waals surface area (Å²) in [6, 6.07) is 34.8. The third kappa shape index (κ3) is 13.5. The summed E-state index contributed by atoms with van der Waals surface area (Å²) in [5.74, 6) is 2.18. The molecule has 8 heteroatoms. The van der Waals surface area contributed by atoms with Crippen LogP contribution in [0.2, 0.25) is 0 Å². The standard InChI is InChI=1S/C48H58O8/c1-3-5-7-9-17-31-45(49)55-39(33-51-37-23-13-11-14-24-37)35-53-47-41-27-19-21-29-43(41)48(44-30-22-20-28-42(44)47)54-36-40(34-52-38-25-15-12-16-26-38)56-46(50)32-18-10-8-6-4-2/h11-16,19-30,39-40H,3-10,17-18,31-36H2,1-2H3. The molecule has 0 spiro atoms. The number of hydrogen-bond donors (Lipinski definition) is 0. The summed E-state index contributed by atoms with van der Waals surface area (Å²) in [5, 5.41) is 3.36. The summed E-state index contributed by atoms with van der Waals surface area (Å²) in [5.41, 5.74) is 0. The van der Waals surface area contributed by atoms with E-state index in [1.54, 1.807) is 0 Å². The van der Waals surface area contributed by atoms with Gasteiger partial charge in [-0.25, -0.2) is 0 Å². The van der Waals surface area contributed by atoms with Gasteiger partial charge in [0.1, 0.15) is 49.4 Å². The van der Waals surface area contributed by atoms with Crippen LogP contribution in [0.25, 0.3) is 21.5 Å². The Morgan fingerprint density at radius 1 is 0.411 bits per heavy atom. The fraction of sp³-hybridized carbons (Fsp3) is 0.417. The third-order valence-electron chi connectivity index (χ3n) is 9.58. The first-order valence-electron chi connectivity index (χ1n) is 20.5. The van der Waals surface area contributed by atoms with Crippen LogP contribution in [0.5, 0.6) is 23.0 Å². The lowest BCUT2D eigenvalue weighted by atomic mass is 10.0. The number of carbonyl (C=O) groups excluding carboxylic acids is 2. The van der Waals surface area contributed by atoms with E-state index < -0.39 is 12.2 Å². The van der Waals surface area contributed by atoms with E-state index in [9.17, 15) is 9.59 Å². The number of esters is 2. The van der Waals surface area contributed by atoms with Crippen molar-refractivity contribution in [3.05, 3.63) is 109 Å². The average molecular weight is 763 g/mol. The summed E-state index contributed by atoms with van der Waals surface area (Å²) < 4.78 is 37.3. The van der Waals surface area contributed by atoms with Gasteiger partial charge in [-0.15, -0.1) is 0 Å². The Hall–Kier alpha value is -5.24. The van der Waals surface area contributed by atoms with E-state index >= 15 is 0 Å². The smallest absolute Gasteiger partial charge is 0.306 e. The lowest BCUT2D eigenvalue weighted by Gasteiger charge is -2.23. The van der Waals surface area contributed by atoms with Gasteiger partial charge in [-0.1, -0.05) is 150 Å². The second kappa shape index (κ2) is 23.6.